The first-order valence-corrected chi connectivity index (χ1v) is 6.58. The third-order valence-electron chi connectivity index (χ3n) is 3.12. The smallest absolute Gasteiger partial charge is 0.130 e. The Morgan fingerprint density at radius 1 is 0.700 bits per heavy atom. The number of aromatic hydroxyl groups is 2. The summed E-state index contributed by atoms with van der Waals surface area (Å²) in [5, 5.41) is 20.7. The molecule has 2 nitrogen and oxygen atoms in total. The van der Waals surface area contributed by atoms with Crippen LogP contribution in [0.5, 0.6) is 11.5 Å². The van der Waals surface area contributed by atoms with E-state index in [2.05, 4.69) is 0 Å². The largest absolute Gasteiger partial charge is 0.507 e. The molecule has 0 radical (unpaired) electrons. The molecular formula is C18H18O2. The van der Waals surface area contributed by atoms with Gasteiger partial charge in [0.15, 0.2) is 0 Å². The van der Waals surface area contributed by atoms with E-state index in [0.717, 1.165) is 11.1 Å². The van der Waals surface area contributed by atoms with E-state index in [0.29, 0.717) is 11.1 Å². The lowest BCUT2D eigenvalue weighted by Crippen LogP contribution is -1.85. The Morgan fingerprint density at radius 2 is 1.10 bits per heavy atom. The van der Waals surface area contributed by atoms with Crippen molar-refractivity contribution < 1.29 is 10.2 Å². The first-order chi connectivity index (χ1) is 9.69. The molecule has 2 rings (SSSR count). The zero-order valence-electron chi connectivity index (χ0n) is 11.7. The molecule has 0 saturated carbocycles. The molecule has 2 aromatic rings. The third kappa shape index (κ3) is 2.59. The molecule has 2 N–H and O–H groups in total. The molecule has 2 heteroatoms. The van der Waals surface area contributed by atoms with Gasteiger partial charge >= 0.3 is 0 Å². The van der Waals surface area contributed by atoms with Gasteiger partial charge in [0.1, 0.15) is 11.5 Å². The van der Waals surface area contributed by atoms with E-state index in [1.54, 1.807) is 12.1 Å². The minimum absolute atomic E-state index is 0.179. The van der Waals surface area contributed by atoms with E-state index in [1.165, 1.54) is 0 Å². The van der Waals surface area contributed by atoms with E-state index in [1.807, 2.05) is 62.4 Å². The van der Waals surface area contributed by atoms with E-state index in [9.17, 15) is 10.2 Å². The Hall–Kier alpha value is -2.48. The molecule has 0 unspecified atom stereocenters. The van der Waals surface area contributed by atoms with Gasteiger partial charge < -0.3 is 10.2 Å². The van der Waals surface area contributed by atoms with E-state index in [-0.39, 0.29) is 11.5 Å². The average molecular weight is 266 g/mol. The Morgan fingerprint density at radius 3 is 1.45 bits per heavy atom. The molecule has 0 aromatic heterocycles. The van der Waals surface area contributed by atoms with Crippen molar-refractivity contribution in [3.05, 3.63) is 59.7 Å². The summed E-state index contributed by atoms with van der Waals surface area (Å²) in [7, 11) is 0. The Bertz CT molecular complexity index is 608. The molecule has 2 aromatic carbocycles. The van der Waals surface area contributed by atoms with Crippen molar-refractivity contribution in [3.8, 4) is 22.6 Å². The van der Waals surface area contributed by atoms with Gasteiger partial charge in [0, 0.05) is 22.3 Å². The standard InChI is InChI=1S/C18H18O2/c1-3-7-13-9-5-11-15(17(13)19)16-12-6-10-14(8-4-2)18(16)20/h3-12,19-20H,1-2H3/b7-3-,8-4-. The van der Waals surface area contributed by atoms with E-state index < -0.39 is 0 Å². The minimum Gasteiger partial charge on any atom is -0.507 e. The molecule has 0 spiro atoms. The fourth-order valence-electron chi connectivity index (χ4n) is 2.19. The van der Waals surface area contributed by atoms with Crippen molar-refractivity contribution in [1.29, 1.82) is 0 Å². The maximum absolute atomic E-state index is 10.3. The van der Waals surface area contributed by atoms with Gasteiger partial charge in [-0.05, 0) is 13.8 Å². The summed E-state index contributed by atoms with van der Waals surface area (Å²) in [5.41, 5.74) is 2.73. The monoisotopic (exact) mass is 266 g/mol. The number of hydrogen-bond acceptors (Lipinski definition) is 2. The highest BCUT2D eigenvalue weighted by molar-refractivity contribution is 5.82. The lowest BCUT2D eigenvalue weighted by Gasteiger charge is -2.11. The van der Waals surface area contributed by atoms with Crippen LogP contribution in [0, 0.1) is 0 Å². The van der Waals surface area contributed by atoms with Crippen LogP contribution in [-0.2, 0) is 0 Å². The average Bonchev–Trinajstić information content (AvgIpc) is 2.44. The van der Waals surface area contributed by atoms with Gasteiger partial charge in [0.2, 0.25) is 0 Å². The molecule has 0 amide bonds. The summed E-state index contributed by atoms with van der Waals surface area (Å²) in [6, 6.07) is 11.0. The van der Waals surface area contributed by atoms with Crippen molar-refractivity contribution in [2.75, 3.05) is 0 Å². The van der Waals surface area contributed by atoms with Gasteiger partial charge in [-0.25, -0.2) is 0 Å². The number of benzene rings is 2. The Balaban J connectivity index is 2.63. The highest BCUT2D eigenvalue weighted by atomic mass is 16.3. The second-order valence-corrected chi connectivity index (χ2v) is 4.49. The Labute approximate surface area is 119 Å². The number of rotatable bonds is 3. The van der Waals surface area contributed by atoms with Crippen molar-refractivity contribution >= 4 is 12.2 Å². The van der Waals surface area contributed by atoms with Crippen LogP contribution in [0.2, 0.25) is 0 Å². The van der Waals surface area contributed by atoms with Crippen molar-refractivity contribution in [3.63, 3.8) is 0 Å². The summed E-state index contributed by atoms with van der Waals surface area (Å²) in [5.74, 6) is 0.358. The molecule has 0 saturated heterocycles. The number of hydrogen-bond donors (Lipinski definition) is 2. The van der Waals surface area contributed by atoms with Crippen LogP contribution in [-0.4, -0.2) is 10.2 Å². The molecule has 0 atom stereocenters. The fourth-order valence-corrected chi connectivity index (χ4v) is 2.19. The summed E-state index contributed by atoms with van der Waals surface area (Å²) in [4.78, 5) is 0. The summed E-state index contributed by atoms with van der Waals surface area (Å²) in [6.45, 7) is 3.80. The number of allylic oxidation sites excluding steroid dienone is 2. The number of phenolic OH excluding ortho intramolecular Hbond substituents is 2. The van der Waals surface area contributed by atoms with Crippen LogP contribution in [0.1, 0.15) is 25.0 Å². The van der Waals surface area contributed by atoms with Crippen LogP contribution in [0.3, 0.4) is 0 Å². The van der Waals surface area contributed by atoms with Crippen molar-refractivity contribution in [1.82, 2.24) is 0 Å². The molecule has 0 heterocycles. The molecule has 0 aliphatic carbocycles. The lowest BCUT2D eigenvalue weighted by atomic mass is 9.98. The fraction of sp³-hybridized carbons (Fsp3) is 0.111. The molecule has 0 aliphatic heterocycles. The molecule has 102 valence electrons. The van der Waals surface area contributed by atoms with Crippen molar-refractivity contribution in [2.45, 2.75) is 13.8 Å². The molecular weight excluding hydrogens is 248 g/mol. The van der Waals surface area contributed by atoms with Crippen LogP contribution in [0.15, 0.2) is 48.6 Å². The minimum atomic E-state index is 0.179. The van der Waals surface area contributed by atoms with Crippen LogP contribution < -0.4 is 0 Å². The third-order valence-corrected chi connectivity index (χ3v) is 3.12. The van der Waals surface area contributed by atoms with Crippen molar-refractivity contribution in [2.24, 2.45) is 0 Å². The van der Waals surface area contributed by atoms with Gasteiger partial charge in [-0.15, -0.1) is 0 Å². The predicted molar refractivity (Wildman–Crippen MR) is 84.6 cm³/mol. The van der Waals surface area contributed by atoms with Gasteiger partial charge in [-0.3, -0.25) is 0 Å². The zero-order chi connectivity index (χ0) is 14.5. The zero-order valence-corrected chi connectivity index (χ0v) is 11.7. The van der Waals surface area contributed by atoms with E-state index in [4.69, 9.17) is 0 Å². The second-order valence-electron chi connectivity index (χ2n) is 4.49. The molecule has 0 aliphatic rings. The molecule has 0 fully saturated rings. The summed E-state index contributed by atoms with van der Waals surface area (Å²) < 4.78 is 0. The topological polar surface area (TPSA) is 40.5 Å². The molecule has 0 bridgehead atoms. The first kappa shape index (κ1) is 13.9. The van der Waals surface area contributed by atoms with Gasteiger partial charge in [0.25, 0.3) is 0 Å². The lowest BCUT2D eigenvalue weighted by molar-refractivity contribution is 0.468. The van der Waals surface area contributed by atoms with Gasteiger partial charge in [0.05, 0.1) is 0 Å². The normalized spacial score (nSPS) is 11.5. The second kappa shape index (κ2) is 6.11. The van der Waals surface area contributed by atoms with Crippen LogP contribution >= 0.6 is 0 Å². The maximum atomic E-state index is 10.3. The van der Waals surface area contributed by atoms with Gasteiger partial charge in [-0.2, -0.15) is 0 Å². The number of phenols is 2. The molecule has 20 heavy (non-hydrogen) atoms. The van der Waals surface area contributed by atoms with Crippen LogP contribution in [0.4, 0.5) is 0 Å². The number of para-hydroxylation sites is 2. The SMILES string of the molecule is C/C=C\c1cccc(-c2cccc(/C=C\C)c2O)c1O. The highest BCUT2D eigenvalue weighted by Gasteiger charge is 2.12. The van der Waals surface area contributed by atoms with E-state index >= 15 is 0 Å². The summed E-state index contributed by atoms with van der Waals surface area (Å²) >= 11 is 0. The predicted octanol–water partition coefficient (Wildman–Crippen LogP) is 4.83. The maximum Gasteiger partial charge on any atom is 0.130 e. The highest BCUT2D eigenvalue weighted by Crippen LogP contribution is 2.39. The Kier molecular flexibility index (Phi) is 4.26. The van der Waals surface area contributed by atoms with Gasteiger partial charge in [-0.1, -0.05) is 60.7 Å². The quantitative estimate of drug-likeness (QED) is 0.835. The van der Waals surface area contributed by atoms with Crippen LogP contribution in [0.25, 0.3) is 23.3 Å². The summed E-state index contributed by atoms with van der Waals surface area (Å²) in [6.07, 6.45) is 7.42. The first-order valence-electron chi connectivity index (χ1n) is 6.58.